The van der Waals surface area contributed by atoms with E-state index in [0.717, 1.165) is 12.1 Å². The fourth-order valence-electron chi connectivity index (χ4n) is 2.02. The second-order valence-electron chi connectivity index (χ2n) is 5.19. The minimum atomic E-state index is -0.433. The molecule has 0 bridgehead atoms. The van der Waals surface area contributed by atoms with Gasteiger partial charge in [0.1, 0.15) is 0 Å². The maximum Gasteiger partial charge on any atom is 0.417 e. The molecule has 0 amide bonds. The number of hydrogen-bond acceptors (Lipinski definition) is 4. The van der Waals surface area contributed by atoms with Crippen molar-refractivity contribution < 1.29 is 4.42 Å². The van der Waals surface area contributed by atoms with E-state index in [1.165, 1.54) is 0 Å². The van der Waals surface area contributed by atoms with E-state index in [9.17, 15) is 4.79 Å². The molecule has 0 saturated carbocycles. The van der Waals surface area contributed by atoms with Crippen LogP contribution in [0.25, 0.3) is 11.1 Å². The van der Waals surface area contributed by atoms with Gasteiger partial charge in [-0.1, -0.05) is 19.9 Å². The molecule has 2 N–H and O–H groups in total. The van der Waals surface area contributed by atoms with Gasteiger partial charge in [0.2, 0.25) is 0 Å². The number of oxazole rings is 1. The number of nitrogens with one attached hydrogen (secondary N) is 2. The molecule has 0 saturated heterocycles. The van der Waals surface area contributed by atoms with E-state index in [1.807, 2.05) is 12.1 Å². The average molecular weight is 259 g/mol. The summed E-state index contributed by atoms with van der Waals surface area (Å²) in [4.78, 5) is 13.8. The van der Waals surface area contributed by atoms with Crippen molar-refractivity contribution in [2.45, 2.75) is 25.7 Å². The number of hydrogen-bond donors (Lipinski definition) is 2. The summed E-state index contributed by atoms with van der Waals surface area (Å²) in [5, 5.41) is 11.8. The molecule has 0 aliphatic heterocycles. The Labute approximate surface area is 111 Å². The highest BCUT2D eigenvalue weighted by Crippen LogP contribution is 2.25. The Morgan fingerprint density at radius 1 is 1.47 bits per heavy atom. The molecule has 5 heteroatoms. The zero-order valence-corrected chi connectivity index (χ0v) is 11.1. The first kappa shape index (κ1) is 13.4. The largest absolute Gasteiger partial charge is 0.417 e. The molecule has 0 fully saturated rings. The number of H-pyrrole nitrogens is 1. The molecule has 0 spiro atoms. The van der Waals surface area contributed by atoms with Gasteiger partial charge in [-0.05, 0) is 17.7 Å². The van der Waals surface area contributed by atoms with Crippen LogP contribution in [0, 0.1) is 11.3 Å². The van der Waals surface area contributed by atoms with Gasteiger partial charge in [0.25, 0.3) is 0 Å². The van der Waals surface area contributed by atoms with Gasteiger partial charge in [0.05, 0.1) is 11.6 Å². The number of aromatic nitrogens is 1. The van der Waals surface area contributed by atoms with Crippen LogP contribution in [0.2, 0.25) is 0 Å². The molecule has 0 aliphatic rings. The summed E-state index contributed by atoms with van der Waals surface area (Å²) in [5.41, 5.74) is 2.31. The smallest absolute Gasteiger partial charge is 0.408 e. The summed E-state index contributed by atoms with van der Waals surface area (Å²) >= 11 is 0. The van der Waals surface area contributed by atoms with Gasteiger partial charge in [-0.15, -0.1) is 0 Å². The molecule has 0 aliphatic carbocycles. The van der Waals surface area contributed by atoms with E-state index in [2.05, 4.69) is 30.2 Å². The lowest BCUT2D eigenvalue weighted by Gasteiger charge is -2.25. The Morgan fingerprint density at radius 2 is 2.26 bits per heavy atom. The first-order chi connectivity index (χ1) is 9.03. The van der Waals surface area contributed by atoms with Gasteiger partial charge in [0, 0.05) is 24.9 Å². The predicted octanol–water partition coefficient (Wildman–Crippen LogP) is 1.90. The van der Waals surface area contributed by atoms with Crippen molar-refractivity contribution in [1.29, 1.82) is 5.26 Å². The Hall–Kier alpha value is -2.06. The summed E-state index contributed by atoms with van der Waals surface area (Å²) in [6, 6.07) is 7.81. The van der Waals surface area contributed by atoms with Gasteiger partial charge < -0.3 is 9.73 Å². The number of benzene rings is 1. The SMILES string of the molecule is CC(C)(CNCCC#N)c1ccc2oc(=O)[nH]c2c1. The van der Waals surface area contributed by atoms with Gasteiger partial charge in [-0.3, -0.25) is 4.98 Å². The topological polar surface area (TPSA) is 81.8 Å². The van der Waals surface area contributed by atoms with E-state index in [-0.39, 0.29) is 5.41 Å². The van der Waals surface area contributed by atoms with Gasteiger partial charge in [0.15, 0.2) is 5.58 Å². The highest BCUT2D eigenvalue weighted by molar-refractivity contribution is 5.73. The third kappa shape index (κ3) is 3.04. The van der Waals surface area contributed by atoms with Crippen molar-refractivity contribution in [1.82, 2.24) is 10.3 Å². The predicted molar refractivity (Wildman–Crippen MR) is 73.0 cm³/mol. The Kier molecular flexibility index (Phi) is 3.72. The monoisotopic (exact) mass is 259 g/mol. The average Bonchev–Trinajstić information content (AvgIpc) is 2.73. The minimum Gasteiger partial charge on any atom is -0.408 e. The standard InChI is InChI=1S/C14H17N3O2/c1-14(2,9-16-7-3-6-15)10-4-5-12-11(8-10)17-13(18)19-12/h4-5,8,16H,3,7,9H2,1-2H3,(H,17,18). The van der Waals surface area contributed by atoms with Crippen LogP contribution in [0.4, 0.5) is 0 Å². The van der Waals surface area contributed by atoms with E-state index in [0.29, 0.717) is 24.1 Å². The molecule has 100 valence electrons. The number of nitrogens with zero attached hydrogens (tertiary/aromatic N) is 1. The lowest BCUT2D eigenvalue weighted by Crippen LogP contribution is -2.33. The van der Waals surface area contributed by atoms with Crippen molar-refractivity contribution >= 4 is 11.1 Å². The maximum atomic E-state index is 11.1. The second kappa shape index (κ2) is 5.29. The van der Waals surface area contributed by atoms with Crippen molar-refractivity contribution in [2.24, 2.45) is 0 Å². The number of nitriles is 1. The summed E-state index contributed by atoms with van der Waals surface area (Å²) in [7, 11) is 0. The molecule has 2 rings (SSSR count). The van der Waals surface area contributed by atoms with E-state index < -0.39 is 5.76 Å². The molecule has 1 heterocycles. The van der Waals surface area contributed by atoms with Crippen molar-refractivity contribution in [3.63, 3.8) is 0 Å². The third-order valence-electron chi connectivity index (χ3n) is 3.18. The second-order valence-corrected chi connectivity index (χ2v) is 5.19. The van der Waals surface area contributed by atoms with E-state index in [1.54, 1.807) is 6.07 Å². The molecule has 19 heavy (non-hydrogen) atoms. The van der Waals surface area contributed by atoms with Gasteiger partial charge in [-0.2, -0.15) is 5.26 Å². The van der Waals surface area contributed by atoms with Crippen LogP contribution in [-0.2, 0) is 5.41 Å². The molecule has 0 unspecified atom stereocenters. The lowest BCUT2D eigenvalue weighted by atomic mass is 9.84. The van der Waals surface area contributed by atoms with E-state index >= 15 is 0 Å². The Bertz CT molecular complexity index is 661. The summed E-state index contributed by atoms with van der Waals surface area (Å²) in [6.07, 6.45) is 0.504. The zero-order chi connectivity index (χ0) is 13.9. The van der Waals surface area contributed by atoms with Crippen molar-refractivity contribution in [3.05, 3.63) is 34.3 Å². The first-order valence-electron chi connectivity index (χ1n) is 6.24. The van der Waals surface area contributed by atoms with Crippen LogP contribution in [-0.4, -0.2) is 18.1 Å². The number of fused-ring (bicyclic) bond motifs is 1. The molecular weight excluding hydrogens is 242 g/mol. The molecule has 1 aromatic carbocycles. The zero-order valence-electron chi connectivity index (χ0n) is 11.1. The highest BCUT2D eigenvalue weighted by Gasteiger charge is 2.20. The Balaban J connectivity index is 2.17. The molecule has 1 aromatic heterocycles. The first-order valence-corrected chi connectivity index (χ1v) is 6.24. The number of aromatic amines is 1. The normalized spacial score (nSPS) is 11.6. The van der Waals surface area contributed by atoms with Crippen LogP contribution in [0.15, 0.2) is 27.4 Å². The van der Waals surface area contributed by atoms with Crippen LogP contribution < -0.4 is 11.1 Å². The fourth-order valence-corrected chi connectivity index (χ4v) is 2.02. The summed E-state index contributed by atoms with van der Waals surface area (Å²) in [5.74, 6) is -0.433. The maximum absolute atomic E-state index is 11.1. The number of rotatable bonds is 5. The van der Waals surface area contributed by atoms with Crippen molar-refractivity contribution in [2.75, 3.05) is 13.1 Å². The summed E-state index contributed by atoms with van der Waals surface area (Å²) < 4.78 is 4.99. The Morgan fingerprint density at radius 3 is 3.00 bits per heavy atom. The van der Waals surface area contributed by atoms with Gasteiger partial charge in [-0.25, -0.2) is 4.79 Å². The fraction of sp³-hybridized carbons (Fsp3) is 0.429. The quantitative estimate of drug-likeness (QED) is 0.803. The van der Waals surface area contributed by atoms with Crippen LogP contribution >= 0.6 is 0 Å². The molecule has 0 radical (unpaired) electrons. The highest BCUT2D eigenvalue weighted by atomic mass is 16.4. The van der Waals surface area contributed by atoms with Crippen LogP contribution in [0.5, 0.6) is 0 Å². The molecule has 0 atom stereocenters. The molecule has 5 nitrogen and oxygen atoms in total. The molecule has 2 aromatic rings. The summed E-state index contributed by atoms with van der Waals surface area (Å²) in [6.45, 7) is 5.68. The van der Waals surface area contributed by atoms with Crippen LogP contribution in [0.1, 0.15) is 25.8 Å². The van der Waals surface area contributed by atoms with E-state index in [4.69, 9.17) is 9.68 Å². The van der Waals surface area contributed by atoms with Crippen molar-refractivity contribution in [3.8, 4) is 6.07 Å². The van der Waals surface area contributed by atoms with Crippen LogP contribution in [0.3, 0.4) is 0 Å². The minimum absolute atomic E-state index is 0.0855. The molecular formula is C14H17N3O2. The third-order valence-corrected chi connectivity index (χ3v) is 3.18. The lowest BCUT2D eigenvalue weighted by molar-refractivity contribution is 0.473. The van der Waals surface area contributed by atoms with Gasteiger partial charge >= 0.3 is 5.76 Å².